The molecule has 0 aliphatic heterocycles. The second-order valence-electron chi connectivity index (χ2n) is 4.82. The van der Waals surface area contributed by atoms with Crippen LogP contribution in [0.5, 0.6) is 0 Å². The summed E-state index contributed by atoms with van der Waals surface area (Å²) in [5.41, 5.74) is 6.59. The lowest BCUT2D eigenvalue weighted by Gasteiger charge is -2.17. The van der Waals surface area contributed by atoms with Crippen molar-refractivity contribution >= 4 is 28.3 Å². The molecule has 1 rings (SSSR count). The summed E-state index contributed by atoms with van der Waals surface area (Å²) >= 11 is 0. The van der Waals surface area contributed by atoms with Gasteiger partial charge in [-0.05, 0) is 23.6 Å². The Bertz CT molecular complexity index is 561. The van der Waals surface area contributed by atoms with E-state index in [-0.39, 0.29) is 29.1 Å². The van der Waals surface area contributed by atoms with Gasteiger partial charge in [0.15, 0.2) is 0 Å². The van der Waals surface area contributed by atoms with Gasteiger partial charge in [-0.2, -0.15) is 0 Å². The van der Waals surface area contributed by atoms with Crippen LogP contribution in [0.3, 0.4) is 0 Å². The van der Waals surface area contributed by atoms with E-state index in [9.17, 15) is 13.2 Å². The van der Waals surface area contributed by atoms with E-state index in [0.29, 0.717) is 6.54 Å². The lowest BCUT2D eigenvalue weighted by Crippen LogP contribution is -2.44. The highest BCUT2D eigenvalue weighted by Gasteiger charge is 2.18. The second kappa shape index (κ2) is 8.33. The van der Waals surface area contributed by atoms with Gasteiger partial charge in [0, 0.05) is 6.54 Å². The molecule has 0 heterocycles. The van der Waals surface area contributed by atoms with Gasteiger partial charge in [0.2, 0.25) is 15.9 Å². The summed E-state index contributed by atoms with van der Waals surface area (Å²) in [6.07, 6.45) is 0.831. The molecule has 0 fully saturated rings. The SMILES string of the molecule is CCC(C)C(N)C(=O)NCc1ccc(S(N)(=O)=O)cc1.Cl. The van der Waals surface area contributed by atoms with E-state index in [1.54, 1.807) is 12.1 Å². The number of benzene rings is 1. The first-order chi connectivity index (χ1) is 9.25. The lowest BCUT2D eigenvalue weighted by molar-refractivity contribution is -0.123. The van der Waals surface area contributed by atoms with Gasteiger partial charge in [-0.15, -0.1) is 12.4 Å². The molecule has 0 saturated heterocycles. The van der Waals surface area contributed by atoms with Crippen molar-refractivity contribution < 1.29 is 13.2 Å². The van der Waals surface area contributed by atoms with Crippen molar-refractivity contribution in [3.8, 4) is 0 Å². The normalized spacial score (nSPS) is 13.9. The number of hydrogen-bond donors (Lipinski definition) is 3. The van der Waals surface area contributed by atoms with Crippen LogP contribution in [-0.4, -0.2) is 20.4 Å². The zero-order chi connectivity index (χ0) is 15.3. The third-order valence-corrected chi connectivity index (χ3v) is 4.21. The predicted molar refractivity (Wildman–Crippen MR) is 84.3 cm³/mol. The fourth-order valence-corrected chi connectivity index (χ4v) is 2.13. The number of amides is 1. The second-order valence-corrected chi connectivity index (χ2v) is 6.38. The monoisotopic (exact) mass is 335 g/mol. The number of nitrogens with one attached hydrogen (secondary N) is 1. The molecule has 21 heavy (non-hydrogen) atoms. The first-order valence-corrected chi connectivity index (χ1v) is 7.95. The van der Waals surface area contributed by atoms with Crippen LogP contribution in [0.2, 0.25) is 0 Å². The Morgan fingerprint density at radius 1 is 1.29 bits per heavy atom. The lowest BCUT2D eigenvalue weighted by atomic mass is 9.99. The van der Waals surface area contributed by atoms with Crippen molar-refractivity contribution in [2.75, 3.05) is 0 Å². The highest BCUT2D eigenvalue weighted by atomic mass is 35.5. The maximum atomic E-state index is 11.8. The van der Waals surface area contributed by atoms with E-state index >= 15 is 0 Å². The van der Waals surface area contributed by atoms with E-state index < -0.39 is 16.1 Å². The van der Waals surface area contributed by atoms with Crippen LogP contribution < -0.4 is 16.2 Å². The number of hydrogen-bond acceptors (Lipinski definition) is 4. The molecule has 0 radical (unpaired) electrons. The topological polar surface area (TPSA) is 115 Å². The van der Waals surface area contributed by atoms with Gasteiger partial charge in [-0.25, -0.2) is 13.6 Å². The van der Waals surface area contributed by atoms with Gasteiger partial charge < -0.3 is 11.1 Å². The van der Waals surface area contributed by atoms with Gasteiger partial charge in [-0.1, -0.05) is 32.4 Å². The zero-order valence-electron chi connectivity index (χ0n) is 12.1. The Morgan fingerprint density at radius 3 is 2.24 bits per heavy atom. The quantitative estimate of drug-likeness (QED) is 0.711. The van der Waals surface area contributed by atoms with E-state index in [2.05, 4.69) is 5.32 Å². The molecule has 2 unspecified atom stereocenters. The minimum absolute atomic E-state index is 0. The maximum absolute atomic E-state index is 11.8. The van der Waals surface area contributed by atoms with Crippen LogP contribution in [0, 0.1) is 5.92 Å². The minimum Gasteiger partial charge on any atom is -0.351 e. The summed E-state index contributed by atoms with van der Waals surface area (Å²) in [4.78, 5) is 11.8. The molecule has 5 N–H and O–H groups in total. The molecule has 1 aromatic carbocycles. The smallest absolute Gasteiger partial charge is 0.238 e. The fraction of sp³-hybridized carbons (Fsp3) is 0.462. The van der Waals surface area contributed by atoms with Crippen LogP contribution >= 0.6 is 12.4 Å². The summed E-state index contributed by atoms with van der Waals surface area (Å²) in [5.74, 6) is -0.102. The minimum atomic E-state index is -3.69. The summed E-state index contributed by atoms with van der Waals surface area (Å²) in [6.45, 7) is 4.20. The van der Waals surface area contributed by atoms with Crippen molar-refractivity contribution in [1.29, 1.82) is 0 Å². The zero-order valence-corrected chi connectivity index (χ0v) is 13.7. The molecule has 0 aliphatic carbocycles. The summed E-state index contributed by atoms with van der Waals surface area (Å²) in [5, 5.41) is 7.73. The van der Waals surface area contributed by atoms with Gasteiger partial charge >= 0.3 is 0 Å². The Hall–Kier alpha value is -1.15. The highest BCUT2D eigenvalue weighted by molar-refractivity contribution is 7.89. The van der Waals surface area contributed by atoms with Gasteiger partial charge in [-0.3, -0.25) is 4.79 Å². The number of nitrogens with two attached hydrogens (primary N) is 2. The van der Waals surface area contributed by atoms with Crippen molar-refractivity contribution in [1.82, 2.24) is 5.32 Å². The van der Waals surface area contributed by atoms with E-state index in [0.717, 1.165) is 12.0 Å². The maximum Gasteiger partial charge on any atom is 0.238 e. The molecule has 8 heteroatoms. The molecule has 2 atom stereocenters. The number of carbonyl (C=O) groups excluding carboxylic acids is 1. The Labute approximate surface area is 131 Å². The van der Waals surface area contributed by atoms with Crippen molar-refractivity contribution in [3.05, 3.63) is 29.8 Å². The number of sulfonamides is 1. The molecule has 0 spiro atoms. The predicted octanol–water partition coefficient (Wildman–Crippen LogP) is 0.745. The molecule has 0 aliphatic rings. The molecule has 6 nitrogen and oxygen atoms in total. The standard InChI is InChI=1S/C13H21N3O3S.ClH/c1-3-9(2)12(14)13(17)16-8-10-4-6-11(7-5-10)20(15,18)19;/h4-7,9,12H,3,8,14H2,1-2H3,(H,16,17)(H2,15,18,19);1H. The average Bonchev–Trinajstić information content (AvgIpc) is 2.42. The van der Waals surface area contributed by atoms with Gasteiger partial charge in [0.05, 0.1) is 10.9 Å². The van der Waals surface area contributed by atoms with E-state index in [1.807, 2.05) is 13.8 Å². The molecule has 0 saturated carbocycles. The Balaban J connectivity index is 0.00000400. The Morgan fingerprint density at radius 2 is 1.81 bits per heavy atom. The van der Waals surface area contributed by atoms with Gasteiger partial charge in [0.25, 0.3) is 0 Å². The van der Waals surface area contributed by atoms with Crippen LogP contribution in [0.15, 0.2) is 29.2 Å². The molecule has 0 bridgehead atoms. The molecule has 1 amide bonds. The summed E-state index contributed by atoms with van der Waals surface area (Å²) in [6, 6.07) is 5.49. The first kappa shape index (κ1) is 19.9. The van der Waals surface area contributed by atoms with Crippen molar-refractivity contribution in [3.63, 3.8) is 0 Å². The van der Waals surface area contributed by atoms with Crippen LogP contribution in [0.4, 0.5) is 0 Å². The van der Waals surface area contributed by atoms with E-state index in [1.165, 1.54) is 12.1 Å². The molecule has 120 valence electrons. The molecule has 1 aromatic rings. The van der Waals surface area contributed by atoms with E-state index in [4.69, 9.17) is 10.9 Å². The summed E-state index contributed by atoms with van der Waals surface area (Å²) < 4.78 is 22.2. The number of rotatable bonds is 6. The average molecular weight is 336 g/mol. The van der Waals surface area contributed by atoms with Crippen molar-refractivity contribution in [2.24, 2.45) is 16.8 Å². The largest absolute Gasteiger partial charge is 0.351 e. The summed E-state index contributed by atoms with van der Waals surface area (Å²) in [7, 11) is -3.69. The van der Waals surface area contributed by atoms with Crippen LogP contribution in [-0.2, 0) is 21.4 Å². The third kappa shape index (κ3) is 6.01. The number of primary sulfonamides is 1. The Kier molecular flexibility index (Phi) is 7.87. The van der Waals surface area contributed by atoms with Gasteiger partial charge in [0.1, 0.15) is 0 Å². The van der Waals surface area contributed by atoms with Crippen molar-refractivity contribution in [2.45, 2.75) is 37.8 Å². The molecular formula is C13H22ClN3O3S. The fourth-order valence-electron chi connectivity index (χ4n) is 1.62. The third-order valence-electron chi connectivity index (χ3n) is 3.28. The number of halogens is 1. The highest BCUT2D eigenvalue weighted by Crippen LogP contribution is 2.09. The van der Waals surface area contributed by atoms with Crippen LogP contribution in [0.25, 0.3) is 0 Å². The number of carbonyl (C=O) groups is 1. The molecule has 0 aromatic heterocycles. The molecular weight excluding hydrogens is 314 g/mol. The van der Waals surface area contributed by atoms with Crippen LogP contribution in [0.1, 0.15) is 25.8 Å². The first-order valence-electron chi connectivity index (χ1n) is 6.40.